The molecule has 2 N–H and O–H groups in total. The zero-order valence-electron chi connectivity index (χ0n) is 10.1. The molecule has 1 aliphatic rings. The van der Waals surface area contributed by atoms with E-state index in [-0.39, 0.29) is 17.5 Å². The van der Waals surface area contributed by atoms with Crippen LogP contribution in [0.2, 0.25) is 0 Å². The van der Waals surface area contributed by atoms with Crippen molar-refractivity contribution in [3.8, 4) is 11.5 Å². The first-order valence-electron chi connectivity index (χ1n) is 6.03. The molecular weight excluding hydrogens is 218 g/mol. The fourth-order valence-electron chi connectivity index (χ4n) is 2.30. The molecule has 17 heavy (non-hydrogen) atoms. The molecule has 0 amide bonds. The second kappa shape index (κ2) is 5.38. The van der Waals surface area contributed by atoms with Gasteiger partial charge in [-0.1, -0.05) is 6.07 Å². The number of phenolic OH excluding ortho intramolecular Hbond substituents is 2. The lowest BCUT2D eigenvalue weighted by Crippen LogP contribution is -2.29. The number of ether oxygens (including phenoxy) is 1. The molecule has 1 fully saturated rings. The van der Waals surface area contributed by atoms with Crippen molar-refractivity contribution in [3.63, 3.8) is 0 Å². The Balaban J connectivity index is 2.20. The van der Waals surface area contributed by atoms with Crippen molar-refractivity contribution in [2.75, 3.05) is 26.3 Å². The first-order valence-corrected chi connectivity index (χ1v) is 6.03. The second-order valence-electron chi connectivity index (χ2n) is 4.39. The molecule has 4 heteroatoms. The highest BCUT2D eigenvalue weighted by atomic mass is 16.5. The third-order valence-electron chi connectivity index (χ3n) is 3.28. The Hall–Kier alpha value is -1.26. The SMILES string of the molecule is CC(c1c(O)cccc1O)N1CCCOCC1. The Morgan fingerprint density at radius 1 is 1.18 bits per heavy atom. The Morgan fingerprint density at radius 3 is 2.59 bits per heavy atom. The highest BCUT2D eigenvalue weighted by Crippen LogP contribution is 2.35. The normalized spacial score (nSPS) is 19.8. The van der Waals surface area contributed by atoms with Gasteiger partial charge in [0.25, 0.3) is 0 Å². The summed E-state index contributed by atoms with van der Waals surface area (Å²) in [5.74, 6) is 0.310. The van der Waals surface area contributed by atoms with Crippen LogP contribution in [-0.4, -0.2) is 41.4 Å². The molecule has 0 bridgehead atoms. The summed E-state index contributed by atoms with van der Waals surface area (Å²) in [5.41, 5.74) is 0.606. The van der Waals surface area contributed by atoms with Crippen LogP contribution in [0.4, 0.5) is 0 Å². The van der Waals surface area contributed by atoms with Gasteiger partial charge in [-0.3, -0.25) is 4.90 Å². The molecule has 1 atom stereocenters. The number of aromatic hydroxyl groups is 2. The minimum absolute atomic E-state index is 0.00194. The van der Waals surface area contributed by atoms with Crippen LogP contribution in [0.5, 0.6) is 11.5 Å². The molecular formula is C13H19NO3. The summed E-state index contributed by atoms with van der Waals surface area (Å²) in [4.78, 5) is 2.22. The summed E-state index contributed by atoms with van der Waals surface area (Å²) in [6.45, 7) is 5.25. The molecule has 0 spiro atoms. The largest absolute Gasteiger partial charge is 0.507 e. The molecule has 1 saturated heterocycles. The van der Waals surface area contributed by atoms with E-state index >= 15 is 0 Å². The standard InChI is InChI=1S/C13H19NO3/c1-10(14-6-3-8-17-9-7-14)13-11(15)4-2-5-12(13)16/h2,4-5,10,15-16H,3,6-9H2,1H3. The van der Waals surface area contributed by atoms with Crippen molar-refractivity contribution in [2.45, 2.75) is 19.4 Å². The van der Waals surface area contributed by atoms with Crippen molar-refractivity contribution < 1.29 is 14.9 Å². The summed E-state index contributed by atoms with van der Waals surface area (Å²) in [5, 5.41) is 19.7. The van der Waals surface area contributed by atoms with Gasteiger partial charge >= 0.3 is 0 Å². The average molecular weight is 237 g/mol. The van der Waals surface area contributed by atoms with Gasteiger partial charge in [0.05, 0.1) is 12.2 Å². The molecule has 2 rings (SSSR count). The van der Waals surface area contributed by atoms with E-state index in [1.807, 2.05) is 6.92 Å². The molecule has 0 saturated carbocycles. The first-order chi connectivity index (χ1) is 8.20. The number of nitrogens with zero attached hydrogens (tertiary/aromatic N) is 1. The van der Waals surface area contributed by atoms with Gasteiger partial charge in [-0.2, -0.15) is 0 Å². The fourth-order valence-corrected chi connectivity index (χ4v) is 2.30. The van der Waals surface area contributed by atoms with Gasteiger partial charge in [-0.05, 0) is 25.5 Å². The quantitative estimate of drug-likeness (QED) is 0.824. The smallest absolute Gasteiger partial charge is 0.124 e. The number of hydrogen-bond donors (Lipinski definition) is 2. The molecule has 1 unspecified atom stereocenters. The predicted octanol–water partition coefficient (Wildman–Crippen LogP) is 1.88. The Kier molecular flexibility index (Phi) is 3.86. The lowest BCUT2D eigenvalue weighted by molar-refractivity contribution is 0.133. The molecule has 1 aliphatic heterocycles. The van der Waals surface area contributed by atoms with Crippen LogP contribution in [0.1, 0.15) is 24.9 Å². The lowest BCUT2D eigenvalue weighted by Gasteiger charge is -2.28. The van der Waals surface area contributed by atoms with E-state index in [0.717, 1.165) is 26.1 Å². The van der Waals surface area contributed by atoms with E-state index in [0.29, 0.717) is 12.2 Å². The average Bonchev–Trinajstić information content (AvgIpc) is 2.57. The molecule has 0 aromatic heterocycles. The first kappa shape index (κ1) is 12.2. The summed E-state index contributed by atoms with van der Waals surface area (Å²) in [7, 11) is 0. The van der Waals surface area contributed by atoms with E-state index in [1.54, 1.807) is 18.2 Å². The highest BCUT2D eigenvalue weighted by Gasteiger charge is 2.22. The maximum Gasteiger partial charge on any atom is 0.124 e. The maximum absolute atomic E-state index is 9.84. The highest BCUT2D eigenvalue weighted by molar-refractivity contribution is 5.44. The van der Waals surface area contributed by atoms with Crippen LogP contribution in [0, 0.1) is 0 Å². The predicted molar refractivity (Wildman–Crippen MR) is 65.2 cm³/mol. The van der Waals surface area contributed by atoms with Crippen LogP contribution < -0.4 is 0 Å². The zero-order chi connectivity index (χ0) is 12.3. The Morgan fingerprint density at radius 2 is 1.88 bits per heavy atom. The fraction of sp³-hybridized carbons (Fsp3) is 0.538. The summed E-state index contributed by atoms with van der Waals surface area (Å²) in [6.07, 6.45) is 0.985. The molecule has 0 radical (unpaired) electrons. The van der Waals surface area contributed by atoms with Crippen LogP contribution in [0.3, 0.4) is 0 Å². The van der Waals surface area contributed by atoms with Crippen LogP contribution in [0.25, 0.3) is 0 Å². The van der Waals surface area contributed by atoms with E-state index < -0.39 is 0 Å². The molecule has 4 nitrogen and oxygen atoms in total. The van der Waals surface area contributed by atoms with Gasteiger partial charge in [-0.25, -0.2) is 0 Å². The molecule has 1 heterocycles. The van der Waals surface area contributed by atoms with Gasteiger partial charge in [0.1, 0.15) is 11.5 Å². The Labute approximate surface area is 101 Å². The van der Waals surface area contributed by atoms with Gasteiger partial charge in [0.2, 0.25) is 0 Å². The number of rotatable bonds is 2. The van der Waals surface area contributed by atoms with Crippen molar-refractivity contribution in [1.82, 2.24) is 4.90 Å². The van der Waals surface area contributed by atoms with Crippen LogP contribution in [0.15, 0.2) is 18.2 Å². The van der Waals surface area contributed by atoms with Gasteiger partial charge in [-0.15, -0.1) is 0 Å². The second-order valence-corrected chi connectivity index (χ2v) is 4.39. The third-order valence-corrected chi connectivity index (χ3v) is 3.28. The molecule has 0 aliphatic carbocycles. The molecule has 1 aromatic rings. The van der Waals surface area contributed by atoms with Gasteiger partial charge in [0.15, 0.2) is 0 Å². The third kappa shape index (κ3) is 2.70. The monoisotopic (exact) mass is 237 g/mol. The number of phenols is 2. The van der Waals surface area contributed by atoms with Gasteiger partial charge in [0, 0.05) is 25.7 Å². The topological polar surface area (TPSA) is 52.9 Å². The van der Waals surface area contributed by atoms with Crippen LogP contribution >= 0.6 is 0 Å². The number of hydrogen-bond acceptors (Lipinski definition) is 4. The van der Waals surface area contributed by atoms with E-state index in [9.17, 15) is 10.2 Å². The lowest BCUT2D eigenvalue weighted by atomic mass is 10.0. The van der Waals surface area contributed by atoms with Crippen molar-refractivity contribution in [1.29, 1.82) is 0 Å². The van der Waals surface area contributed by atoms with E-state index in [2.05, 4.69) is 4.90 Å². The molecule has 1 aromatic carbocycles. The number of benzene rings is 1. The van der Waals surface area contributed by atoms with Crippen LogP contribution in [-0.2, 0) is 4.74 Å². The maximum atomic E-state index is 9.84. The van der Waals surface area contributed by atoms with Crippen molar-refractivity contribution >= 4 is 0 Å². The van der Waals surface area contributed by atoms with Crippen molar-refractivity contribution in [2.24, 2.45) is 0 Å². The van der Waals surface area contributed by atoms with Crippen molar-refractivity contribution in [3.05, 3.63) is 23.8 Å². The van der Waals surface area contributed by atoms with Gasteiger partial charge < -0.3 is 14.9 Å². The minimum atomic E-state index is -0.00194. The Bertz CT molecular complexity index is 353. The molecule has 94 valence electrons. The minimum Gasteiger partial charge on any atom is -0.507 e. The summed E-state index contributed by atoms with van der Waals surface area (Å²) in [6, 6.07) is 4.87. The van der Waals surface area contributed by atoms with E-state index in [1.165, 1.54) is 0 Å². The zero-order valence-corrected chi connectivity index (χ0v) is 10.1. The summed E-state index contributed by atoms with van der Waals surface area (Å²) >= 11 is 0. The summed E-state index contributed by atoms with van der Waals surface area (Å²) < 4.78 is 5.40. The van der Waals surface area contributed by atoms with E-state index in [4.69, 9.17) is 4.74 Å².